The first-order chi connectivity index (χ1) is 9.13. The van der Waals surface area contributed by atoms with Crippen LogP contribution in [0.5, 0.6) is 0 Å². The van der Waals surface area contributed by atoms with E-state index in [1.165, 1.54) is 37.7 Å². The van der Waals surface area contributed by atoms with Crippen molar-refractivity contribution >= 4 is 5.78 Å². The second-order valence-corrected chi connectivity index (χ2v) is 5.52. The summed E-state index contributed by atoms with van der Waals surface area (Å²) in [4.78, 5) is 13.8. The molecule has 0 saturated heterocycles. The normalized spacial score (nSPS) is 10.9. The Balaban J connectivity index is 2.37. The lowest BCUT2D eigenvalue weighted by Gasteiger charge is -2.08. The van der Waals surface area contributed by atoms with Crippen molar-refractivity contribution in [2.75, 3.05) is 20.6 Å². The van der Waals surface area contributed by atoms with Crippen LogP contribution in [0.2, 0.25) is 0 Å². The fourth-order valence-electron chi connectivity index (χ4n) is 2.17. The monoisotopic (exact) mass is 261 g/mol. The standard InChI is InChI=1S/C17H27NO/c1-4-5-6-7-8-9-15-10-12-16(13-11-15)17(19)14-18(2)3/h10-13H,4-9,14H2,1-3H3. The summed E-state index contributed by atoms with van der Waals surface area (Å²) in [5, 5.41) is 0. The maximum absolute atomic E-state index is 11.9. The number of carbonyl (C=O) groups is 1. The highest BCUT2D eigenvalue weighted by atomic mass is 16.1. The number of hydrogen-bond donors (Lipinski definition) is 0. The van der Waals surface area contributed by atoms with Crippen LogP contribution in [-0.2, 0) is 6.42 Å². The number of Topliss-reactive ketones (excluding diaryl/α,β-unsaturated/α-hetero) is 1. The SMILES string of the molecule is CCCCCCCc1ccc(C(=O)CN(C)C)cc1. The van der Waals surface area contributed by atoms with E-state index in [0.717, 1.165) is 12.0 Å². The highest BCUT2D eigenvalue weighted by Crippen LogP contribution is 2.11. The first-order valence-corrected chi connectivity index (χ1v) is 7.40. The highest BCUT2D eigenvalue weighted by Gasteiger charge is 2.06. The number of ketones is 1. The van der Waals surface area contributed by atoms with Gasteiger partial charge in [0.2, 0.25) is 0 Å². The van der Waals surface area contributed by atoms with Crippen molar-refractivity contribution in [2.24, 2.45) is 0 Å². The summed E-state index contributed by atoms with van der Waals surface area (Å²) in [6.45, 7) is 2.72. The minimum absolute atomic E-state index is 0.194. The molecule has 0 N–H and O–H groups in total. The molecule has 1 rings (SSSR count). The molecule has 0 unspecified atom stereocenters. The van der Waals surface area contributed by atoms with E-state index in [9.17, 15) is 4.79 Å². The van der Waals surface area contributed by atoms with E-state index in [0.29, 0.717) is 6.54 Å². The smallest absolute Gasteiger partial charge is 0.176 e. The Labute approximate surface area is 117 Å². The fourth-order valence-corrected chi connectivity index (χ4v) is 2.17. The van der Waals surface area contributed by atoms with Gasteiger partial charge in [0, 0.05) is 5.56 Å². The zero-order valence-electron chi connectivity index (χ0n) is 12.6. The zero-order valence-corrected chi connectivity index (χ0v) is 12.6. The van der Waals surface area contributed by atoms with E-state index in [4.69, 9.17) is 0 Å². The van der Waals surface area contributed by atoms with Gasteiger partial charge in [-0.2, -0.15) is 0 Å². The Morgan fingerprint density at radius 3 is 2.21 bits per heavy atom. The van der Waals surface area contributed by atoms with Gasteiger partial charge in [-0.05, 0) is 32.5 Å². The first kappa shape index (κ1) is 15.9. The Kier molecular flexibility index (Phi) is 7.42. The number of aryl methyl sites for hydroxylation is 1. The van der Waals surface area contributed by atoms with Crippen molar-refractivity contribution in [1.29, 1.82) is 0 Å². The van der Waals surface area contributed by atoms with Crippen LogP contribution >= 0.6 is 0 Å². The van der Waals surface area contributed by atoms with Gasteiger partial charge < -0.3 is 4.90 Å². The van der Waals surface area contributed by atoms with Gasteiger partial charge in [0.1, 0.15) is 0 Å². The minimum atomic E-state index is 0.194. The van der Waals surface area contributed by atoms with Gasteiger partial charge in [0.05, 0.1) is 6.54 Å². The van der Waals surface area contributed by atoms with Gasteiger partial charge in [-0.3, -0.25) is 4.79 Å². The van der Waals surface area contributed by atoms with Crippen molar-refractivity contribution in [3.63, 3.8) is 0 Å². The molecule has 0 amide bonds. The summed E-state index contributed by atoms with van der Waals surface area (Å²) in [7, 11) is 3.84. The number of likely N-dealkylation sites (N-methyl/N-ethyl adjacent to an activating group) is 1. The first-order valence-electron chi connectivity index (χ1n) is 7.40. The van der Waals surface area contributed by atoms with Crippen LogP contribution in [0.3, 0.4) is 0 Å². The maximum Gasteiger partial charge on any atom is 0.176 e. The highest BCUT2D eigenvalue weighted by molar-refractivity contribution is 5.97. The molecule has 0 aliphatic rings. The average Bonchev–Trinajstić information content (AvgIpc) is 2.38. The van der Waals surface area contributed by atoms with Crippen LogP contribution < -0.4 is 0 Å². The van der Waals surface area contributed by atoms with Crippen LogP contribution in [-0.4, -0.2) is 31.3 Å². The van der Waals surface area contributed by atoms with Crippen LogP contribution in [0.15, 0.2) is 24.3 Å². The molecule has 0 radical (unpaired) electrons. The van der Waals surface area contributed by atoms with E-state index in [-0.39, 0.29) is 5.78 Å². The van der Waals surface area contributed by atoms with Gasteiger partial charge in [0.15, 0.2) is 5.78 Å². The molecule has 0 aromatic heterocycles. The quantitative estimate of drug-likeness (QED) is 0.495. The number of unbranched alkanes of at least 4 members (excludes halogenated alkanes) is 4. The Hall–Kier alpha value is -1.15. The molecule has 0 heterocycles. The van der Waals surface area contributed by atoms with E-state index in [1.807, 2.05) is 31.1 Å². The Morgan fingerprint density at radius 1 is 1.00 bits per heavy atom. The lowest BCUT2D eigenvalue weighted by atomic mass is 10.0. The molecule has 19 heavy (non-hydrogen) atoms. The number of hydrogen-bond acceptors (Lipinski definition) is 2. The number of nitrogens with zero attached hydrogens (tertiary/aromatic N) is 1. The van der Waals surface area contributed by atoms with Crippen LogP contribution in [0.4, 0.5) is 0 Å². The average molecular weight is 261 g/mol. The van der Waals surface area contributed by atoms with Gasteiger partial charge in [0.25, 0.3) is 0 Å². The number of carbonyl (C=O) groups excluding carboxylic acids is 1. The molecule has 106 valence electrons. The van der Waals surface area contributed by atoms with E-state index < -0.39 is 0 Å². The molecule has 0 aliphatic heterocycles. The molecule has 0 aliphatic carbocycles. The second-order valence-electron chi connectivity index (χ2n) is 5.52. The molecule has 2 nitrogen and oxygen atoms in total. The summed E-state index contributed by atoms with van der Waals surface area (Å²) in [5.74, 6) is 0.194. The Morgan fingerprint density at radius 2 is 1.63 bits per heavy atom. The molecule has 0 atom stereocenters. The van der Waals surface area contributed by atoms with Crippen molar-refractivity contribution in [2.45, 2.75) is 45.4 Å². The number of rotatable bonds is 9. The molecule has 2 heteroatoms. The van der Waals surface area contributed by atoms with Crippen molar-refractivity contribution in [3.05, 3.63) is 35.4 Å². The molecular weight excluding hydrogens is 234 g/mol. The third-order valence-corrected chi connectivity index (χ3v) is 3.30. The lowest BCUT2D eigenvalue weighted by Crippen LogP contribution is -2.21. The summed E-state index contributed by atoms with van der Waals surface area (Å²) in [6.07, 6.45) is 7.68. The van der Waals surface area contributed by atoms with Crippen molar-refractivity contribution < 1.29 is 4.79 Å². The zero-order chi connectivity index (χ0) is 14.1. The largest absolute Gasteiger partial charge is 0.302 e. The van der Waals surface area contributed by atoms with Crippen LogP contribution in [0.25, 0.3) is 0 Å². The molecule has 0 spiro atoms. The van der Waals surface area contributed by atoms with E-state index >= 15 is 0 Å². The predicted molar refractivity (Wildman–Crippen MR) is 81.8 cm³/mol. The fraction of sp³-hybridized carbons (Fsp3) is 0.588. The molecule has 1 aromatic carbocycles. The van der Waals surface area contributed by atoms with Crippen molar-refractivity contribution in [1.82, 2.24) is 4.90 Å². The summed E-state index contributed by atoms with van der Waals surface area (Å²) in [6, 6.07) is 8.13. The molecule has 0 fully saturated rings. The number of benzene rings is 1. The van der Waals surface area contributed by atoms with Gasteiger partial charge >= 0.3 is 0 Å². The summed E-state index contributed by atoms with van der Waals surface area (Å²) in [5.41, 5.74) is 2.17. The van der Waals surface area contributed by atoms with E-state index in [1.54, 1.807) is 0 Å². The van der Waals surface area contributed by atoms with Gasteiger partial charge in [-0.1, -0.05) is 56.9 Å². The molecular formula is C17H27NO. The Bertz CT molecular complexity index is 367. The summed E-state index contributed by atoms with van der Waals surface area (Å²) >= 11 is 0. The topological polar surface area (TPSA) is 20.3 Å². The van der Waals surface area contributed by atoms with Crippen LogP contribution in [0, 0.1) is 0 Å². The third-order valence-electron chi connectivity index (χ3n) is 3.30. The third kappa shape index (κ3) is 6.53. The predicted octanol–water partition coefficient (Wildman–Crippen LogP) is 3.94. The van der Waals surface area contributed by atoms with Crippen LogP contribution in [0.1, 0.15) is 54.9 Å². The second kappa shape index (κ2) is 8.87. The lowest BCUT2D eigenvalue weighted by molar-refractivity contribution is 0.0958. The summed E-state index contributed by atoms with van der Waals surface area (Å²) < 4.78 is 0. The maximum atomic E-state index is 11.9. The molecule has 0 saturated carbocycles. The van der Waals surface area contributed by atoms with Crippen molar-refractivity contribution in [3.8, 4) is 0 Å². The van der Waals surface area contributed by atoms with Gasteiger partial charge in [-0.25, -0.2) is 0 Å². The van der Waals surface area contributed by atoms with Gasteiger partial charge in [-0.15, -0.1) is 0 Å². The molecule has 1 aromatic rings. The van der Waals surface area contributed by atoms with E-state index in [2.05, 4.69) is 19.1 Å². The minimum Gasteiger partial charge on any atom is -0.302 e. The molecule has 0 bridgehead atoms.